The van der Waals surface area contributed by atoms with Crippen LogP contribution in [-0.4, -0.2) is 46.0 Å². The predicted octanol–water partition coefficient (Wildman–Crippen LogP) is 5.29. The van der Waals surface area contributed by atoms with Crippen LogP contribution in [-0.2, 0) is 27.6 Å². The van der Waals surface area contributed by atoms with Crippen LogP contribution in [0.3, 0.4) is 0 Å². The molecule has 0 fully saturated rings. The Morgan fingerprint density at radius 3 is 2.56 bits per heavy atom. The van der Waals surface area contributed by atoms with Gasteiger partial charge in [-0.2, -0.15) is 0 Å². The Kier molecular flexibility index (Phi) is 9.30. The fourth-order valence-corrected chi connectivity index (χ4v) is 5.77. The molecule has 0 aromatic heterocycles. The highest BCUT2D eigenvalue weighted by Gasteiger charge is 2.26. The van der Waals surface area contributed by atoms with Crippen molar-refractivity contribution in [1.82, 2.24) is 4.90 Å². The van der Waals surface area contributed by atoms with Gasteiger partial charge in [0.05, 0.1) is 23.3 Å². The van der Waals surface area contributed by atoms with Crippen molar-refractivity contribution in [2.45, 2.75) is 57.3 Å². The van der Waals surface area contributed by atoms with E-state index in [9.17, 15) is 13.2 Å². The molecule has 0 saturated heterocycles. The zero-order valence-corrected chi connectivity index (χ0v) is 21.3. The normalized spacial score (nSPS) is 13.8. The minimum absolute atomic E-state index is 0.184. The Balaban J connectivity index is 1.84. The first-order valence-electron chi connectivity index (χ1n) is 12.1. The summed E-state index contributed by atoms with van der Waals surface area (Å²) in [4.78, 5) is 15.2. The van der Waals surface area contributed by atoms with Crippen molar-refractivity contribution >= 4 is 27.8 Å². The summed E-state index contributed by atoms with van der Waals surface area (Å²) in [5, 5.41) is 0. The van der Waals surface area contributed by atoms with E-state index in [1.165, 1.54) is 7.11 Å². The lowest BCUT2D eigenvalue weighted by atomic mass is 9.87. The Morgan fingerprint density at radius 1 is 1.09 bits per heavy atom. The van der Waals surface area contributed by atoms with Gasteiger partial charge < -0.3 is 9.64 Å². The summed E-state index contributed by atoms with van der Waals surface area (Å²) in [6.45, 7) is 7.39. The molecule has 0 heterocycles. The third kappa shape index (κ3) is 6.27. The number of carbonyl (C=O) groups excluding carboxylic acids is 1. The highest BCUT2D eigenvalue weighted by molar-refractivity contribution is 7.92. The first-order valence-corrected chi connectivity index (χ1v) is 13.6. The van der Waals surface area contributed by atoms with Gasteiger partial charge in [-0.05, 0) is 87.0 Å². The van der Waals surface area contributed by atoms with E-state index < -0.39 is 16.0 Å². The maximum Gasteiger partial charge on any atom is 0.340 e. The zero-order valence-electron chi connectivity index (χ0n) is 20.5. The molecule has 0 amide bonds. The number of sulfonamides is 1. The lowest BCUT2D eigenvalue weighted by molar-refractivity contribution is 0.0600. The summed E-state index contributed by atoms with van der Waals surface area (Å²) in [5.74, 6) is -0.516. The number of unbranched alkanes of at least 4 members (excludes halogenated alkanes) is 1. The van der Waals surface area contributed by atoms with E-state index in [1.54, 1.807) is 24.3 Å². The van der Waals surface area contributed by atoms with Gasteiger partial charge in [0, 0.05) is 0 Å². The summed E-state index contributed by atoms with van der Waals surface area (Å²) < 4.78 is 34.5. The summed E-state index contributed by atoms with van der Waals surface area (Å²) in [6.07, 6.45) is 9.43. The number of fused-ring (bicyclic) bond motifs is 1. The molecule has 1 aliphatic rings. The van der Waals surface area contributed by atoms with Gasteiger partial charge in [0.1, 0.15) is 0 Å². The lowest BCUT2D eigenvalue weighted by Gasteiger charge is -2.21. The molecule has 2 aromatic carbocycles. The van der Waals surface area contributed by atoms with E-state index in [2.05, 4.69) is 23.5 Å². The molecular formula is C27H36N2O4S. The van der Waals surface area contributed by atoms with Gasteiger partial charge in [0.25, 0.3) is 10.0 Å². The number of ether oxygens (including phenoxy) is 1. The maximum absolute atomic E-state index is 13.4. The van der Waals surface area contributed by atoms with Gasteiger partial charge in [-0.25, -0.2) is 13.2 Å². The van der Waals surface area contributed by atoms with Gasteiger partial charge in [-0.15, -0.1) is 0 Å². The van der Waals surface area contributed by atoms with Crippen LogP contribution >= 0.6 is 0 Å². The van der Waals surface area contributed by atoms with Crippen LogP contribution in [0.5, 0.6) is 0 Å². The van der Waals surface area contributed by atoms with E-state index in [0.717, 1.165) is 69.3 Å². The average molecular weight is 485 g/mol. The van der Waals surface area contributed by atoms with Gasteiger partial charge in [-0.3, -0.25) is 4.72 Å². The van der Waals surface area contributed by atoms with Crippen LogP contribution in [0.2, 0.25) is 0 Å². The summed E-state index contributed by atoms with van der Waals surface area (Å²) in [6, 6.07) is 10.5. The summed E-state index contributed by atoms with van der Waals surface area (Å²) in [5.41, 5.74) is 3.19. The molecule has 0 aliphatic heterocycles. The van der Waals surface area contributed by atoms with Gasteiger partial charge in [0.2, 0.25) is 0 Å². The number of methoxy groups -OCH3 is 1. The third-order valence-corrected chi connectivity index (χ3v) is 7.85. The molecule has 34 heavy (non-hydrogen) atoms. The molecule has 0 spiro atoms. The van der Waals surface area contributed by atoms with Crippen molar-refractivity contribution in [2.75, 3.05) is 31.5 Å². The smallest absolute Gasteiger partial charge is 0.340 e. The second-order valence-electron chi connectivity index (χ2n) is 8.54. The van der Waals surface area contributed by atoms with E-state index >= 15 is 0 Å². The quantitative estimate of drug-likeness (QED) is 0.347. The summed E-state index contributed by atoms with van der Waals surface area (Å²) in [7, 11) is -2.59. The highest BCUT2D eigenvalue weighted by atomic mass is 32.2. The fourth-order valence-electron chi connectivity index (χ4n) is 4.49. The molecule has 0 atom stereocenters. The lowest BCUT2D eigenvalue weighted by Crippen LogP contribution is -2.23. The van der Waals surface area contributed by atoms with Crippen molar-refractivity contribution < 1.29 is 17.9 Å². The monoisotopic (exact) mass is 484 g/mol. The van der Waals surface area contributed by atoms with Crippen molar-refractivity contribution in [2.24, 2.45) is 0 Å². The van der Waals surface area contributed by atoms with Crippen LogP contribution < -0.4 is 4.72 Å². The SMILES string of the molecule is CCN(CC)CCCC=Cc1ccccc1S(=O)(=O)Nc1ccc2c(c1C(=O)OC)CCCC2. The molecular weight excluding hydrogens is 448 g/mol. The Morgan fingerprint density at radius 2 is 1.82 bits per heavy atom. The average Bonchev–Trinajstić information content (AvgIpc) is 2.85. The van der Waals surface area contributed by atoms with Crippen molar-refractivity contribution in [1.29, 1.82) is 0 Å². The molecule has 1 N–H and O–H groups in total. The Bertz CT molecular complexity index is 1120. The molecule has 0 radical (unpaired) electrons. The van der Waals surface area contributed by atoms with Gasteiger partial charge in [0.15, 0.2) is 0 Å². The summed E-state index contributed by atoms with van der Waals surface area (Å²) >= 11 is 0. The topological polar surface area (TPSA) is 75.7 Å². The van der Waals surface area contributed by atoms with Gasteiger partial charge >= 0.3 is 5.97 Å². The van der Waals surface area contributed by atoms with E-state index in [0.29, 0.717) is 11.1 Å². The Hall–Kier alpha value is -2.64. The van der Waals surface area contributed by atoms with Crippen molar-refractivity contribution in [3.05, 3.63) is 64.7 Å². The number of nitrogens with zero attached hydrogens (tertiary/aromatic N) is 1. The molecule has 184 valence electrons. The van der Waals surface area contributed by atoms with E-state index in [4.69, 9.17) is 4.74 Å². The second-order valence-corrected chi connectivity index (χ2v) is 10.2. The molecule has 2 aromatic rings. The van der Waals surface area contributed by atoms with Crippen LogP contribution in [0, 0.1) is 0 Å². The van der Waals surface area contributed by atoms with E-state index in [-0.39, 0.29) is 10.6 Å². The Labute approximate surface area is 204 Å². The number of hydrogen-bond acceptors (Lipinski definition) is 5. The van der Waals surface area contributed by atoms with Gasteiger partial charge in [-0.1, -0.05) is 50.3 Å². The number of carbonyl (C=O) groups is 1. The molecule has 7 heteroatoms. The molecule has 3 rings (SSSR count). The van der Waals surface area contributed by atoms with Crippen LogP contribution in [0.4, 0.5) is 5.69 Å². The first kappa shape index (κ1) is 26.0. The highest BCUT2D eigenvalue weighted by Crippen LogP contribution is 2.32. The van der Waals surface area contributed by atoms with Crippen molar-refractivity contribution in [3.63, 3.8) is 0 Å². The van der Waals surface area contributed by atoms with Crippen molar-refractivity contribution in [3.8, 4) is 0 Å². The molecule has 1 aliphatic carbocycles. The number of rotatable bonds is 11. The largest absolute Gasteiger partial charge is 0.465 e. The van der Waals surface area contributed by atoms with Crippen LogP contribution in [0.25, 0.3) is 6.08 Å². The number of hydrogen-bond donors (Lipinski definition) is 1. The number of esters is 1. The zero-order chi connectivity index (χ0) is 24.6. The number of anilines is 1. The number of nitrogens with one attached hydrogen (secondary N) is 1. The minimum Gasteiger partial charge on any atom is -0.465 e. The molecule has 0 saturated carbocycles. The number of allylic oxidation sites excluding steroid dienone is 1. The third-order valence-electron chi connectivity index (χ3n) is 6.41. The molecule has 0 unspecified atom stereocenters. The minimum atomic E-state index is -3.92. The fraction of sp³-hybridized carbons (Fsp3) is 0.444. The van der Waals surface area contributed by atoms with Crippen LogP contribution in [0.15, 0.2) is 47.4 Å². The first-order chi connectivity index (χ1) is 16.4. The van der Waals surface area contributed by atoms with Crippen LogP contribution in [0.1, 0.15) is 66.6 Å². The molecule has 0 bridgehead atoms. The second kappa shape index (κ2) is 12.2. The molecule has 6 nitrogen and oxygen atoms in total. The maximum atomic E-state index is 13.4. The predicted molar refractivity (Wildman–Crippen MR) is 138 cm³/mol. The number of benzene rings is 2. The van der Waals surface area contributed by atoms with E-state index in [1.807, 2.05) is 24.3 Å². The number of aryl methyl sites for hydroxylation is 1. The standard InChI is InChI=1S/C27H36N2O4S/c1-4-29(5-2)20-12-6-7-14-22-15-9-11-17-25(22)34(31,32)28-24-19-18-21-13-8-10-16-23(21)26(24)27(30)33-3/h7,9,11,14-15,17-19,28H,4-6,8,10,12-13,16,20H2,1-3H3.